The summed E-state index contributed by atoms with van der Waals surface area (Å²) < 4.78 is 0. The zero-order valence-electron chi connectivity index (χ0n) is 8.96. The molecule has 0 spiro atoms. The molecule has 0 unspecified atom stereocenters. The van der Waals surface area contributed by atoms with E-state index in [9.17, 15) is 4.79 Å². The minimum atomic E-state index is 0.254. The average Bonchev–Trinajstić information content (AvgIpc) is 2.71. The Kier molecular flexibility index (Phi) is 3.06. The highest BCUT2D eigenvalue weighted by Crippen LogP contribution is 2.19. The van der Waals surface area contributed by atoms with Crippen LogP contribution in [0.15, 0.2) is 0 Å². The predicted molar refractivity (Wildman–Crippen MR) is 56.0 cm³/mol. The molecule has 0 aromatic heterocycles. The number of hydrogen-bond acceptors (Lipinski definition) is 2. The second-order valence-electron chi connectivity index (χ2n) is 4.62. The summed E-state index contributed by atoms with van der Waals surface area (Å²) in [6.07, 6.45) is 4.61. The molecule has 1 N–H and O–H groups in total. The van der Waals surface area contributed by atoms with Crippen molar-refractivity contribution in [3.8, 4) is 0 Å². The molecule has 3 nitrogen and oxygen atoms in total. The summed E-state index contributed by atoms with van der Waals surface area (Å²) in [5.41, 5.74) is 0. The molecule has 0 aromatic carbocycles. The number of carbonyl (C=O) groups excluding carboxylic acids is 1. The van der Waals surface area contributed by atoms with Crippen LogP contribution in [0.2, 0.25) is 0 Å². The first-order valence-corrected chi connectivity index (χ1v) is 5.79. The van der Waals surface area contributed by atoms with Crippen molar-refractivity contribution in [3.63, 3.8) is 0 Å². The van der Waals surface area contributed by atoms with Gasteiger partial charge in [-0.3, -0.25) is 4.79 Å². The van der Waals surface area contributed by atoms with Gasteiger partial charge in [0.1, 0.15) is 0 Å². The molecule has 0 aromatic rings. The highest BCUT2D eigenvalue weighted by molar-refractivity contribution is 5.79. The summed E-state index contributed by atoms with van der Waals surface area (Å²) in [5, 5.41) is 3.39. The van der Waals surface area contributed by atoms with Gasteiger partial charge in [-0.2, -0.15) is 0 Å². The number of carbonyl (C=O) groups is 1. The number of nitrogens with zero attached hydrogens (tertiary/aromatic N) is 1. The van der Waals surface area contributed by atoms with E-state index in [2.05, 4.69) is 12.2 Å². The fourth-order valence-corrected chi connectivity index (χ4v) is 2.41. The smallest absolute Gasteiger partial charge is 0.226 e. The van der Waals surface area contributed by atoms with E-state index in [1.807, 2.05) is 4.90 Å². The van der Waals surface area contributed by atoms with Gasteiger partial charge in [0.05, 0.1) is 5.92 Å². The van der Waals surface area contributed by atoms with Crippen molar-refractivity contribution in [2.24, 2.45) is 5.92 Å². The molecule has 0 radical (unpaired) electrons. The van der Waals surface area contributed by atoms with E-state index in [0.717, 1.165) is 32.5 Å². The Morgan fingerprint density at radius 3 is 2.57 bits per heavy atom. The number of piperidine rings is 1. The number of nitrogens with one attached hydrogen (secondary N) is 1. The summed E-state index contributed by atoms with van der Waals surface area (Å²) in [7, 11) is 0. The van der Waals surface area contributed by atoms with Gasteiger partial charge in [-0.1, -0.05) is 0 Å². The van der Waals surface area contributed by atoms with Crippen molar-refractivity contribution in [3.05, 3.63) is 0 Å². The average molecular weight is 196 g/mol. The van der Waals surface area contributed by atoms with Gasteiger partial charge in [-0.15, -0.1) is 0 Å². The van der Waals surface area contributed by atoms with E-state index in [0.29, 0.717) is 11.9 Å². The van der Waals surface area contributed by atoms with Crippen LogP contribution in [-0.4, -0.2) is 36.5 Å². The van der Waals surface area contributed by atoms with Crippen molar-refractivity contribution < 1.29 is 4.79 Å². The van der Waals surface area contributed by atoms with Gasteiger partial charge in [-0.05, 0) is 32.6 Å². The van der Waals surface area contributed by atoms with E-state index >= 15 is 0 Å². The molecular weight excluding hydrogens is 176 g/mol. The van der Waals surface area contributed by atoms with Crippen molar-refractivity contribution in [2.75, 3.05) is 19.6 Å². The molecule has 14 heavy (non-hydrogen) atoms. The van der Waals surface area contributed by atoms with Crippen molar-refractivity contribution >= 4 is 5.91 Å². The summed E-state index contributed by atoms with van der Waals surface area (Å²) in [6, 6.07) is 0.595. The number of hydrogen-bond donors (Lipinski definition) is 1. The van der Waals surface area contributed by atoms with Gasteiger partial charge in [0.25, 0.3) is 0 Å². The van der Waals surface area contributed by atoms with Crippen LogP contribution in [0.25, 0.3) is 0 Å². The Hall–Kier alpha value is -0.570. The van der Waals surface area contributed by atoms with Gasteiger partial charge in [0.2, 0.25) is 5.91 Å². The lowest BCUT2D eigenvalue weighted by atomic mass is 9.94. The first-order chi connectivity index (χ1) is 6.77. The summed E-state index contributed by atoms with van der Waals surface area (Å²) in [6.45, 7) is 5.06. The Morgan fingerprint density at radius 2 is 2.00 bits per heavy atom. The largest absolute Gasteiger partial charge is 0.342 e. The highest BCUT2D eigenvalue weighted by Gasteiger charge is 2.28. The second-order valence-corrected chi connectivity index (χ2v) is 4.62. The predicted octanol–water partition coefficient (Wildman–Crippen LogP) is 0.997. The third kappa shape index (κ3) is 2.08. The van der Waals surface area contributed by atoms with Gasteiger partial charge in [0, 0.05) is 25.7 Å². The number of amides is 1. The minimum absolute atomic E-state index is 0.254. The zero-order valence-corrected chi connectivity index (χ0v) is 8.96. The molecule has 1 amide bonds. The first-order valence-electron chi connectivity index (χ1n) is 5.79. The molecule has 2 rings (SSSR count). The molecule has 80 valence electrons. The lowest BCUT2D eigenvalue weighted by Crippen LogP contribution is -2.44. The molecule has 2 saturated heterocycles. The maximum absolute atomic E-state index is 12.0. The van der Waals surface area contributed by atoms with Gasteiger partial charge < -0.3 is 10.2 Å². The summed E-state index contributed by atoms with van der Waals surface area (Å²) in [5.74, 6) is 0.645. The molecule has 2 atom stereocenters. The van der Waals surface area contributed by atoms with Crippen LogP contribution in [0.1, 0.15) is 32.6 Å². The van der Waals surface area contributed by atoms with Crippen LogP contribution in [0, 0.1) is 5.92 Å². The molecule has 2 fully saturated rings. The van der Waals surface area contributed by atoms with E-state index < -0.39 is 0 Å². The minimum Gasteiger partial charge on any atom is -0.342 e. The standard InChI is InChI=1S/C11H20N2O/c1-9-4-5-10(8-12-9)11(14)13-6-2-3-7-13/h9-10,12H,2-8H2,1H3/t9-,10+/m1/s1. The SMILES string of the molecule is C[C@@H]1CC[C@H](C(=O)N2CCCC2)CN1. The Bertz CT molecular complexity index is 203. The van der Waals surface area contributed by atoms with Gasteiger partial charge in [0.15, 0.2) is 0 Å². The Labute approximate surface area is 85.8 Å². The summed E-state index contributed by atoms with van der Waals surface area (Å²) >= 11 is 0. The molecule has 0 bridgehead atoms. The van der Waals surface area contributed by atoms with Crippen molar-refractivity contribution in [1.29, 1.82) is 0 Å². The fourth-order valence-electron chi connectivity index (χ4n) is 2.41. The molecule has 2 heterocycles. The summed E-state index contributed by atoms with van der Waals surface area (Å²) in [4.78, 5) is 14.0. The molecular formula is C11H20N2O. The Morgan fingerprint density at radius 1 is 1.29 bits per heavy atom. The zero-order chi connectivity index (χ0) is 9.97. The molecule has 2 aliphatic rings. The van der Waals surface area contributed by atoms with Gasteiger partial charge >= 0.3 is 0 Å². The maximum atomic E-state index is 12.0. The van der Waals surface area contributed by atoms with Gasteiger partial charge in [-0.25, -0.2) is 0 Å². The van der Waals surface area contributed by atoms with Crippen molar-refractivity contribution in [2.45, 2.75) is 38.6 Å². The number of rotatable bonds is 1. The maximum Gasteiger partial charge on any atom is 0.226 e. The van der Waals surface area contributed by atoms with Crippen LogP contribution >= 0.6 is 0 Å². The van der Waals surface area contributed by atoms with E-state index in [1.165, 1.54) is 12.8 Å². The molecule has 3 heteroatoms. The number of likely N-dealkylation sites (tertiary alicyclic amines) is 1. The second kappa shape index (κ2) is 4.30. The fraction of sp³-hybridized carbons (Fsp3) is 0.909. The van der Waals surface area contributed by atoms with Crippen molar-refractivity contribution in [1.82, 2.24) is 10.2 Å². The normalized spacial score (nSPS) is 33.4. The van der Waals surface area contributed by atoms with E-state index in [4.69, 9.17) is 0 Å². The lowest BCUT2D eigenvalue weighted by Gasteiger charge is -2.29. The third-order valence-corrected chi connectivity index (χ3v) is 3.43. The lowest BCUT2D eigenvalue weighted by molar-refractivity contribution is -0.135. The topological polar surface area (TPSA) is 32.3 Å². The third-order valence-electron chi connectivity index (χ3n) is 3.43. The first kappa shape index (κ1) is 9.97. The van der Waals surface area contributed by atoms with Crippen LogP contribution in [-0.2, 0) is 4.79 Å². The van der Waals surface area contributed by atoms with E-state index in [1.54, 1.807) is 0 Å². The molecule has 2 aliphatic heterocycles. The Balaban J connectivity index is 1.85. The van der Waals surface area contributed by atoms with E-state index in [-0.39, 0.29) is 5.92 Å². The quantitative estimate of drug-likeness (QED) is 0.678. The van der Waals surface area contributed by atoms with Crippen LogP contribution in [0.4, 0.5) is 0 Å². The highest BCUT2D eigenvalue weighted by atomic mass is 16.2. The van der Waals surface area contributed by atoms with Crippen LogP contribution in [0.5, 0.6) is 0 Å². The molecule has 0 aliphatic carbocycles. The van der Waals surface area contributed by atoms with Crippen LogP contribution in [0.3, 0.4) is 0 Å². The monoisotopic (exact) mass is 196 g/mol. The van der Waals surface area contributed by atoms with Crippen LogP contribution < -0.4 is 5.32 Å². The molecule has 0 saturated carbocycles.